The van der Waals surface area contributed by atoms with E-state index in [9.17, 15) is 4.79 Å². The first kappa shape index (κ1) is 10.5. The van der Waals surface area contributed by atoms with Crippen LogP contribution in [0.4, 0.5) is 0 Å². The van der Waals surface area contributed by atoms with Crippen molar-refractivity contribution in [1.29, 1.82) is 0 Å². The maximum atomic E-state index is 11.0. The van der Waals surface area contributed by atoms with E-state index in [1.54, 1.807) is 12.2 Å². The molecule has 0 aromatic rings. The summed E-state index contributed by atoms with van der Waals surface area (Å²) in [6, 6.07) is 0. The fourth-order valence-corrected chi connectivity index (χ4v) is 1.33. The van der Waals surface area contributed by atoms with Crippen molar-refractivity contribution < 1.29 is 4.79 Å². The summed E-state index contributed by atoms with van der Waals surface area (Å²) in [7, 11) is 0. The van der Waals surface area contributed by atoms with Crippen molar-refractivity contribution >= 4 is 5.78 Å². The third kappa shape index (κ3) is 3.05. The number of carbonyl (C=O) groups excluding carboxylic acids is 1. The highest BCUT2D eigenvalue weighted by molar-refractivity contribution is 5.92. The summed E-state index contributed by atoms with van der Waals surface area (Å²) in [5.41, 5.74) is 1.95. The van der Waals surface area contributed by atoms with Crippen LogP contribution in [-0.4, -0.2) is 5.78 Å². The van der Waals surface area contributed by atoms with Gasteiger partial charge in [-0.05, 0) is 25.5 Å². The minimum absolute atomic E-state index is 0.200. The average Bonchev–Trinajstić information content (AvgIpc) is 2.52. The van der Waals surface area contributed by atoms with E-state index in [1.165, 1.54) is 0 Å². The van der Waals surface area contributed by atoms with E-state index in [0.717, 1.165) is 17.8 Å². The molecule has 1 aliphatic carbocycles. The van der Waals surface area contributed by atoms with Crippen molar-refractivity contribution in [2.24, 2.45) is 0 Å². The normalized spacial score (nSPS) is 17.4. The van der Waals surface area contributed by atoms with E-state index in [0.29, 0.717) is 6.42 Å². The van der Waals surface area contributed by atoms with Crippen LogP contribution in [-0.2, 0) is 4.79 Å². The van der Waals surface area contributed by atoms with E-state index in [1.807, 2.05) is 25.2 Å². The molecular weight excluding hydrogens is 174 g/mol. The summed E-state index contributed by atoms with van der Waals surface area (Å²) < 4.78 is 0. The molecule has 0 aliphatic heterocycles. The van der Waals surface area contributed by atoms with Crippen molar-refractivity contribution in [2.45, 2.75) is 19.8 Å². The zero-order valence-electron chi connectivity index (χ0n) is 8.42. The number of ketones is 1. The Balaban J connectivity index is 2.65. The molecule has 0 fully saturated rings. The SMILES string of the molecule is C=C/C=C(\C=C/C)NC1=CC(=O)CC1. The minimum Gasteiger partial charge on any atom is -0.359 e. The fraction of sp³-hybridized carbons (Fsp3) is 0.250. The first-order valence-electron chi connectivity index (χ1n) is 4.72. The van der Waals surface area contributed by atoms with Gasteiger partial charge < -0.3 is 5.32 Å². The van der Waals surface area contributed by atoms with Gasteiger partial charge in [0.25, 0.3) is 0 Å². The van der Waals surface area contributed by atoms with Crippen molar-refractivity contribution in [3.8, 4) is 0 Å². The molecule has 0 bridgehead atoms. The van der Waals surface area contributed by atoms with Gasteiger partial charge in [0.2, 0.25) is 0 Å². The molecule has 0 unspecified atom stereocenters. The Bertz CT molecular complexity index is 321. The van der Waals surface area contributed by atoms with Crippen molar-refractivity contribution in [2.75, 3.05) is 0 Å². The summed E-state index contributed by atoms with van der Waals surface area (Å²) in [6.07, 6.45) is 10.6. The maximum Gasteiger partial charge on any atom is 0.157 e. The van der Waals surface area contributed by atoms with Gasteiger partial charge in [-0.15, -0.1) is 0 Å². The van der Waals surface area contributed by atoms with Crippen LogP contribution in [0.3, 0.4) is 0 Å². The number of carbonyl (C=O) groups is 1. The number of allylic oxidation sites excluding steroid dienone is 6. The molecule has 1 aliphatic rings. The highest BCUT2D eigenvalue weighted by atomic mass is 16.1. The van der Waals surface area contributed by atoms with E-state index in [-0.39, 0.29) is 5.78 Å². The second-order valence-electron chi connectivity index (χ2n) is 3.12. The lowest BCUT2D eigenvalue weighted by molar-refractivity contribution is -0.114. The van der Waals surface area contributed by atoms with E-state index >= 15 is 0 Å². The molecule has 0 heterocycles. The average molecular weight is 189 g/mol. The minimum atomic E-state index is 0.200. The summed E-state index contributed by atoms with van der Waals surface area (Å²) in [4.78, 5) is 11.0. The van der Waals surface area contributed by atoms with Gasteiger partial charge in [0.1, 0.15) is 0 Å². The summed E-state index contributed by atoms with van der Waals surface area (Å²) in [6.45, 7) is 5.59. The van der Waals surface area contributed by atoms with E-state index < -0.39 is 0 Å². The van der Waals surface area contributed by atoms with Gasteiger partial charge in [-0.1, -0.05) is 18.7 Å². The smallest absolute Gasteiger partial charge is 0.157 e. The Kier molecular flexibility index (Phi) is 3.92. The molecule has 0 aromatic heterocycles. The molecule has 2 heteroatoms. The van der Waals surface area contributed by atoms with Crippen LogP contribution >= 0.6 is 0 Å². The molecule has 0 radical (unpaired) electrons. The Morgan fingerprint density at radius 2 is 2.36 bits per heavy atom. The van der Waals surface area contributed by atoms with Crippen molar-refractivity contribution in [3.05, 3.63) is 48.4 Å². The lowest BCUT2D eigenvalue weighted by Gasteiger charge is -2.06. The van der Waals surface area contributed by atoms with Crippen molar-refractivity contribution in [1.82, 2.24) is 5.32 Å². The van der Waals surface area contributed by atoms with E-state index in [4.69, 9.17) is 0 Å². The van der Waals surface area contributed by atoms with Crippen LogP contribution in [0.2, 0.25) is 0 Å². The van der Waals surface area contributed by atoms with Crippen LogP contribution < -0.4 is 5.32 Å². The fourth-order valence-electron chi connectivity index (χ4n) is 1.33. The summed E-state index contributed by atoms with van der Waals surface area (Å²) in [5.74, 6) is 0.200. The summed E-state index contributed by atoms with van der Waals surface area (Å²) in [5, 5.41) is 3.19. The number of hydrogen-bond acceptors (Lipinski definition) is 2. The standard InChI is InChI=1S/C12H15NO/c1-3-5-10(6-4-2)13-11-7-8-12(14)9-11/h3-6,9,13H,1,7-8H2,2H3/b6-4-,10-5+. The van der Waals surface area contributed by atoms with Crippen molar-refractivity contribution in [3.63, 3.8) is 0 Å². The molecular formula is C12H15NO. The van der Waals surface area contributed by atoms with Crippen LogP contribution in [0.25, 0.3) is 0 Å². The monoisotopic (exact) mass is 189 g/mol. The maximum absolute atomic E-state index is 11.0. The Labute approximate surface area is 84.7 Å². The highest BCUT2D eigenvalue weighted by Gasteiger charge is 2.11. The lowest BCUT2D eigenvalue weighted by Crippen LogP contribution is -2.09. The Morgan fingerprint density at radius 3 is 2.86 bits per heavy atom. The van der Waals surface area contributed by atoms with Gasteiger partial charge in [0, 0.05) is 23.9 Å². The molecule has 0 saturated carbocycles. The number of hydrogen-bond donors (Lipinski definition) is 1. The number of nitrogens with one attached hydrogen (secondary N) is 1. The highest BCUT2D eigenvalue weighted by Crippen LogP contribution is 2.13. The molecule has 1 rings (SSSR count). The molecule has 0 saturated heterocycles. The molecule has 1 N–H and O–H groups in total. The van der Waals surface area contributed by atoms with Gasteiger partial charge in [-0.25, -0.2) is 0 Å². The first-order valence-corrected chi connectivity index (χ1v) is 4.72. The second-order valence-corrected chi connectivity index (χ2v) is 3.12. The van der Waals surface area contributed by atoms with Crippen LogP contribution in [0, 0.1) is 0 Å². The van der Waals surface area contributed by atoms with Crippen LogP contribution in [0.15, 0.2) is 48.4 Å². The first-order chi connectivity index (χ1) is 6.76. The molecule has 0 spiro atoms. The third-order valence-corrected chi connectivity index (χ3v) is 1.92. The quantitative estimate of drug-likeness (QED) is 0.688. The third-order valence-electron chi connectivity index (χ3n) is 1.92. The predicted molar refractivity (Wildman–Crippen MR) is 58.6 cm³/mol. The molecule has 0 amide bonds. The summed E-state index contributed by atoms with van der Waals surface area (Å²) >= 11 is 0. The lowest BCUT2D eigenvalue weighted by atomic mass is 10.3. The molecule has 2 nitrogen and oxygen atoms in total. The van der Waals surface area contributed by atoms with Crippen LogP contribution in [0.1, 0.15) is 19.8 Å². The van der Waals surface area contributed by atoms with Gasteiger partial charge >= 0.3 is 0 Å². The Morgan fingerprint density at radius 1 is 1.57 bits per heavy atom. The zero-order valence-corrected chi connectivity index (χ0v) is 8.42. The molecule has 14 heavy (non-hydrogen) atoms. The number of rotatable bonds is 4. The van der Waals surface area contributed by atoms with Gasteiger partial charge in [-0.2, -0.15) is 0 Å². The zero-order chi connectivity index (χ0) is 10.4. The Hall–Kier alpha value is -1.57. The second kappa shape index (κ2) is 5.22. The van der Waals surface area contributed by atoms with E-state index in [2.05, 4.69) is 11.9 Å². The molecule has 0 aromatic carbocycles. The molecule has 74 valence electrons. The topological polar surface area (TPSA) is 29.1 Å². The predicted octanol–water partition coefficient (Wildman–Crippen LogP) is 2.47. The van der Waals surface area contributed by atoms with Gasteiger partial charge in [0.15, 0.2) is 5.78 Å². The van der Waals surface area contributed by atoms with Gasteiger partial charge in [-0.3, -0.25) is 4.79 Å². The van der Waals surface area contributed by atoms with Crippen LogP contribution in [0.5, 0.6) is 0 Å². The molecule has 0 atom stereocenters. The largest absolute Gasteiger partial charge is 0.359 e. The van der Waals surface area contributed by atoms with Gasteiger partial charge in [0.05, 0.1) is 0 Å².